The van der Waals surface area contributed by atoms with Crippen LogP contribution in [0.4, 0.5) is 0 Å². The number of ether oxygens (including phenoxy) is 4. The number of carbonyl (C=O) groups is 4. The molecular weight excluding hydrogens is 1170 g/mol. The van der Waals surface area contributed by atoms with Gasteiger partial charge in [-0.05, 0) is 43.4 Å². The SMILES string of the molecule is CCCCCCCCCCCCC(=O)OC[C@H](COP(=O)(O)OC[C@H](O)COP(=O)(O)OC[C@@H](COC(=O)CCCCCCCCCCCCC(C)C)OC(=O)CCCCCCCCCCCCCC(C)C)OC(=O)CCCCCCCCCCCC(C)C. The number of hydrogen-bond donors (Lipinski definition) is 3. The van der Waals surface area contributed by atoms with Crippen molar-refractivity contribution in [3.63, 3.8) is 0 Å². The number of rotatable bonds is 68. The molecule has 0 aromatic heterocycles. The molecule has 0 aromatic carbocycles. The van der Waals surface area contributed by atoms with E-state index in [2.05, 4.69) is 48.5 Å². The van der Waals surface area contributed by atoms with E-state index in [1.807, 2.05) is 0 Å². The molecule has 2 unspecified atom stereocenters. The largest absolute Gasteiger partial charge is 0.472 e. The van der Waals surface area contributed by atoms with E-state index in [4.69, 9.17) is 37.0 Å². The van der Waals surface area contributed by atoms with Crippen LogP contribution in [0.3, 0.4) is 0 Å². The first-order valence-electron chi connectivity index (χ1n) is 36.3. The van der Waals surface area contributed by atoms with Crippen LogP contribution in [0.1, 0.15) is 350 Å². The van der Waals surface area contributed by atoms with E-state index >= 15 is 0 Å². The van der Waals surface area contributed by atoms with Gasteiger partial charge in [0.05, 0.1) is 26.4 Å². The van der Waals surface area contributed by atoms with Crippen molar-refractivity contribution < 1.29 is 80.2 Å². The maximum absolute atomic E-state index is 13.0. The molecule has 0 radical (unpaired) electrons. The van der Waals surface area contributed by atoms with Crippen molar-refractivity contribution in [1.82, 2.24) is 0 Å². The quantitative estimate of drug-likeness (QED) is 0.0222. The van der Waals surface area contributed by atoms with Gasteiger partial charge in [0.1, 0.15) is 19.3 Å². The summed E-state index contributed by atoms with van der Waals surface area (Å²) < 4.78 is 68.3. The number of unbranched alkanes of at least 4 members (excludes halogenated alkanes) is 36. The van der Waals surface area contributed by atoms with Crippen molar-refractivity contribution in [3.05, 3.63) is 0 Å². The monoisotopic (exact) mass is 1310 g/mol. The number of carbonyl (C=O) groups excluding carboxylic acids is 4. The Kier molecular flexibility index (Phi) is 59.6. The van der Waals surface area contributed by atoms with Gasteiger partial charge in [-0.2, -0.15) is 0 Å². The number of aliphatic hydroxyl groups excluding tert-OH is 1. The average molecular weight is 1310 g/mol. The minimum Gasteiger partial charge on any atom is -0.462 e. The Labute approximate surface area is 543 Å². The predicted molar refractivity (Wildman–Crippen MR) is 358 cm³/mol. The zero-order chi connectivity index (χ0) is 65.9. The Balaban J connectivity index is 5.26. The van der Waals surface area contributed by atoms with E-state index < -0.39 is 97.5 Å². The van der Waals surface area contributed by atoms with Gasteiger partial charge < -0.3 is 33.8 Å². The highest BCUT2D eigenvalue weighted by molar-refractivity contribution is 7.47. The number of phosphoric acid groups is 2. The second kappa shape index (κ2) is 61.0. The molecule has 3 N–H and O–H groups in total. The minimum atomic E-state index is -4.95. The zero-order valence-corrected chi connectivity index (χ0v) is 59.7. The Morgan fingerprint density at radius 3 is 0.764 bits per heavy atom. The molecule has 0 saturated heterocycles. The van der Waals surface area contributed by atoms with Gasteiger partial charge in [0, 0.05) is 25.7 Å². The van der Waals surface area contributed by atoms with E-state index in [0.29, 0.717) is 25.7 Å². The Hall–Kier alpha value is -1.94. The molecule has 0 aliphatic rings. The first-order chi connectivity index (χ1) is 42.7. The Morgan fingerprint density at radius 2 is 0.517 bits per heavy atom. The van der Waals surface area contributed by atoms with E-state index in [-0.39, 0.29) is 25.7 Å². The van der Waals surface area contributed by atoms with Crippen LogP contribution in [0, 0.1) is 17.8 Å². The summed E-state index contributed by atoms with van der Waals surface area (Å²) in [4.78, 5) is 72.5. The average Bonchev–Trinajstić information content (AvgIpc) is 3.68. The summed E-state index contributed by atoms with van der Waals surface area (Å²) >= 11 is 0. The van der Waals surface area contributed by atoms with Crippen LogP contribution >= 0.6 is 15.6 Å². The van der Waals surface area contributed by atoms with E-state index in [1.165, 1.54) is 161 Å². The highest BCUT2D eigenvalue weighted by Crippen LogP contribution is 2.45. The van der Waals surface area contributed by atoms with E-state index in [9.17, 15) is 43.2 Å². The van der Waals surface area contributed by atoms with Gasteiger partial charge in [0.15, 0.2) is 12.2 Å². The molecule has 0 aromatic rings. The lowest BCUT2D eigenvalue weighted by Gasteiger charge is -2.21. The number of aliphatic hydroxyl groups is 1. The third-order valence-corrected chi connectivity index (χ3v) is 18.0. The number of esters is 4. The van der Waals surface area contributed by atoms with Gasteiger partial charge in [-0.1, -0.05) is 299 Å². The fourth-order valence-electron chi connectivity index (χ4n) is 10.5. The molecule has 0 aliphatic heterocycles. The summed E-state index contributed by atoms with van der Waals surface area (Å²) in [5, 5.41) is 10.6. The molecule has 0 spiro atoms. The number of phosphoric ester groups is 2. The molecule has 0 heterocycles. The van der Waals surface area contributed by atoms with E-state index in [0.717, 1.165) is 108 Å². The summed E-state index contributed by atoms with van der Waals surface area (Å²) in [5.74, 6) is 0.134. The lowest BCUT2D eigenvalue weighted by molar-refractivity contribution is -0.161. The van der Waals surface area contributed by atoms with Gasteiger partial charge in [-0.15, -0.1) is 0 Å². The molecule has 528 valence electrons. The highest BCUT2D eigenvalue weighted by atomic mass is 31.2. The van der Waals surface area contributed by atoms with Crippen LogP contribution in [0.2, 0.25) is 0 Å². The standard InChI is InChI=1S/C70H136O17P2/c1-8-9-10-11-12-13-23-30-37-44-51-67(72)80-57-66(87-70(75)54-47-40-33-26-19-22-29-36-43-50-63(6)7)60-85-89(78,79)83-56-64(71)55-82-88(76,77)84-59-65(58-81-68(73)52-45-38-31-24-18-17-21-28-35-42-49-62(4)5)86-69(74)53-46-39-32-25-16-14-15-20-27-34-41-48-61(2)3/h61-66,71H,8-60H2,1-7H3,(H,76,77)(H,78,79)/t64-,65-,66-/m1/s1. The molecule has 17 nitrogen and oxygen atoms in total. The lowest BCUT2D eigenvalue weighted by atomic mass is 10.0. The molecule has 0 rings (SSSR count). The zero-order valence-electron chi connectivity index (χ0n) is 57.9. The Bertz CT molecular complexity index is 1750. The Morgan fingerprint density at radius 1 is 0.303 bits per heavy atom. The van der Waals surface area contributed by atoms with Gasteiger partial charge in [-0.3, -0.25) is 37.3 Å². The summed E-state index contributed by atoms with van der Waals surface area (Å²) in [6, 6.07) is 0. The highest BCUT2D eigenvalue weighted by Gasteiger charge is 2.30. The molecule has 0 fully saturated rings. The van der Waals surface area contributed by atoms with Crippen LogP contribution in [0.15, 0.2) is 0 Å². The molecule has 0 amide bonds. The second-order valence-corrected chi connectivity index (χ2v) is 29.6. The maximum atomic E-state index is 13.0. The molecular formula is C70H136O17P2. The third-order valence-electron chi connectivity index (χ3n) is 16.1. The first kappa shape index (κ1) is 87.1. The molecule has 0 aliphatic carbocycles. The summed E-state index contributed by atoms with van der Waals surface area (Å²) in [7, 11) is -9.90. The van der Waals surface area contributed by atoms with E-state index in [1.54, 1.807) is 0 Å². The molecule has 0 bridgehead atoms. The van der Waals surface area contributed by atoms with Gasteiger partial charge >= 0.3 is 39.5 Å². The van der Waals surface area contributed by atoms with Crippen molar-refractivity contribution >= 4 is 39.5 Å². The minimum absolute atomic E-state index is 0.105. The van der Waals surface area contributed by atoms with Crippen LogP contribution in [0.25, 0.3) is 0 Å². The molecule has 89 heavy (non-hydrogen) atoms. The van der Waals surface area contributed by atoms with Crippen LogP contribution < -0.4 is 0 Å². The van der Waals surface area contributed by atoms with Crippen molar-refractivity contribution in [3.8, 4) is 0 Å². The summed E-state index contributed by atoms with van der Waals surface area (Å²) in [6.45, 7) is 11.8. The normalized spacial score (nSPS) is 14.2. The molecule has 19 heteroatoms. The maximum Gasteiger partial charge on any atom is 0.472 e. The van der Waals surface area contributed by atoms with Gasteiger partial charge in [-0.25, -0.2) is 9.13 Å². The van der Waals surface area contributed by atoms with Gasteiger partial charge in [0.25, 0.3) is 0 Å². The topological polar surface area (TPSA) is 237 Å². The fraction of sp³-hybridized carbons (Fsp3) is 0.943. The van der Waals surface area contributed by atoms with Crippen molar-refractivity contribution in [1.29, 1.82) is 0 Å². The first-order valence-corrected chi connectivity index (χ1v) is 39.3. The van der Waals surface area contributed by atoms with Gasteiger partial charge in [0.2, 0.25) is 0 Å². The van der Waals surface area contributed by atoms with Crippen LogP contribution in [-0.4, -0.2) is 96.7 Å². The van der Waals surface area contributed by atoms with Crippen LogP contribution in [0.5, 0.6) is 0 Å². The van der Waals surface area contributed by atoms with Crippen molar-refractivity contribution in [2.45, 2.75) is 369 Å². The third kappa shape index (κ3) is 64.6. The second-order valence-electron chi connectivity index (χ2n) is 26.7. The number of hydrogen-bond acceptors (Lipinski definition) is 15. The lowest BCUT2D eigenvalue weighted by Crippen LogP contribution is -2.30. The smallest absolute Gasteiger partial charge is 0.462 e. The summed E-state index contributed by atoms with van der Waals surface area (Å²) in [6.07, 6.45) is 44.3. The fourth-order valence-corrected chi connectivity index (χ4v) is 12.1. The molecule has 5 atom stereocenters. The van der Waals surface area contributed by atoms with Crippen molar-refractivity contribution in [2.75, 3.05) is 39.6 Å². The predicted octanol–water partition coefficient (Wildman–Crippen LogP) is 19.8. The molecule has 0 saturated carbocycles. The van der Waals surface area contributed by atoms with Crippen LogP contribution in [-0.2, 0) is 65.4 Å². The van der Waals surface area contributed by atoms with Crippen molar-refractivity contribution in [2.24, 2.45) is 17.8 Å². The summed E-state index contributed by atoms with van der Waals surface area (Å²) in [5.41, 5.74) is 0.